The maximum absolute atomic E-state index is 12.6. The average molecular weight is 387 g/mol. The predicted molar refractivity (Wildman–Crippen MR) is 88.1 cm³/mol. The molecule has 0 bridgehead atoms. The number of aliphatic carboxylic acids is 1. The Bertz CT molecular complexity index is 688. The molecule has 10 heteroatoms. The molecule has 0 radical (unpaired) electrons. The van der Waals surface area contributed by atoms with Crippen LogP contribution in [0.5, 0.6) is 0 Å². The van der Waals surface area contributed by atoms with Crippen LogP contribution >= 0.6 is 0 Å². The van der Waals surface area contributed by atoms with Crippen molar-refractivity contribution in [3.05, 3.63) is 23.9 Å². The van der Waals surface area contributed by atoms with Crippen LogP contribution in [-0.4, -0.2) is 53.3 Å². The van der Waals surface area contributed by atoms with E-state index in [2.05, 4.69) is 10.3 Å². The summed E-state index contributed by atoms with van der Waals surface area (Å²) in [6, 6.07) is 2.27. The first-order valence-corrected chi connectivity index (χ1v) is 8.71. The van der Waals surface area contributed by atoms with Crippen LogP contribution in [-0.2, 0) is 20.5 Å². The van der Waals surface area contributed by atoms with Crippen molar-refractivity contribution < 1.29 is 32.6 Å². The zero-order chi connectivity index (χ0) is 19.6. The molecule has 0 aromatic carbocycles. The second kappa shape index (κ2) is 7.71. The van der Waals surface area contributed by atoms with Crippen molar-refractivity contribution >= 4 is 17.7 Å². The van der Waals surface area contributed by atoms with Gasteiger partial charge in [0.25, 0.3) is 0 Å². The number of ether oxygens (including phenoxy) is 1. The van der Waals surface area contributed by atoms with Gasteiger partial charge in [-0.3, -0.25) is 4.79 Å². The minimum absolute atomic E-state index is 0.0873. The molecule has 3 heterocycles. The minimum atomic E-state index is -4.41. The summed E-state index contributed by atoms with van der Waals surface area (Å²) in [5.41, 5.74) is -0.787. The first-order valence-electron chi connectivity index (χ1n) is 8.71. The van der Waals surface area contributed by atoms with Gasteiger partial charge in [-0.15, -0.1) is 0 Å². The number of carbonyl (C=O) groups excluding carboxylic acids is 1. The summed E-state index contributed by atoms with van der Waals surface area (Å²) in [5, 5.41) is 11.8. The third kappa shape index (κ3) is 4.68. The van der Waals surface area contributed by atoms with E-state index in [0.29, 0.717) is 44.6 Å². The lowest BCUT2D eigenvalue weighted by Crippen LogP contribution is -2.47. The second-order valence-electron chi connectivity index (χ2n) is 6.70. The molecule has 7 nitrogen and oxygen atoms in total. The monoisotopic (exact) mass is 387 g/mol. The molecule has 2 aliphatic heterocycles. The fraction of sp³-hybridized carbons (Fsp3) is 0.588. The smallest absolute Gasteiger partial charge is 0.417 e. The van der Waals surface area contributed by atoms with Gasteiger partial charge in [-0.1, -0.05) is 0 Å². The Labute approximate surface area is 153 Å². The highest BCUT2D eigenvalue weighted by Crippen LogP contribution is 2.30. The zero-order valence-corrected chi connectivity index (χ0v) is 14.4. The van der Waals surface area contributed by atoms with Crippen LogP contribution in [0.25, 0.3) is 0 Å². The van der Waals surface area contributed by atoms with Crippen LogP contribution in [0.15, 0.2) is 18.3 Å². The van der Waals surface area contributed by atoms with Crippen molar-refractivity contribution in [1.82, 2.24) is 10.3 Å². The second-order valence-corrected chi connectivity index (χ2v) is 6.70. The highest BCUT2D eigenvalue weighted by molar-refractivity contribution is 5.82. The Morgan fingerprint density at radius 3 is 2.33 bits per heavy atom. The maximum atomic E-state index is 12.6. The lowest BCUT2D eigenvalue weighted by molar-refractivity contribution is -0.152. The van der Waals surface area contributed by atoms with Crippen molar-refractivity contribution in [2.75, 3.05) is 18.0 Å². The normalized spacial score (nSPS) is 24.0. The van der Waals surface area contributed by atoms with E-state index >= 15 is 0 Å². The Kier molecular flexibility index (Phi) is 5.54. The van der Waals surface area contributed by atoms with Crippen molar-refractivity contribution in [1.29, 1.82) is 0 Å². The standard InChI is InChI=1S/C17H20F3N3O4/c18-17(19,20)10-1-4-14(21-9-10)23-7-5-11(6-8-23)22-15(24)12-2-3-13(27-12)16(25)26/h1,4,9,11-13H,2-3,5-8H2,(H,22,24)(H,25,26)/t12-,13+/m0/s1. The Hall–Kier alpha value is -2.36. The van der Waals surface area contributed by atoms with Crippen molar-refractivity contribution in [2.24, 2.45) is 0 Å². The molecule has 2 saturated heterocycles. The Morgan fingerprint density at radius 2 is 1.81 bits per heavy atom. The molecule has 2 fully saturated rings. The molecule has 148 valence electrons. The third-order valence-corrected chi connectivity index (χ3v) is 4.83. The number of nitrogens with zero attached hydrogens (tertiary/aromatic N) is 2. The molecule has 1 aromatic rings. The van der Waals surface area contributed by atoms with E-state index in [9.17, 15) is 22.8 Å². The van der Waals surface area contributed by atoms with E-state index in [1.54, 1.807) is 0 Å². The van der Waals surface area contributed by atoms with Crippen LogP contribution in [0.1, 0.15) is 31.2 Å². The number of nitrogens with one attached hydrogen (secondary N) is 1. The summed E-state index contributed by atoms with van der Waals surface area (Å²) < 4.78 is 43.0. The Morgan fingerprint density at radius 1 is 1.15 bits per heavy atom. The average Bonchev–Trinajstić information content (AvgIpc) is 3.12. The van der Waals surface area contributed by atoms with Gasteiger partial charge in [0, 0.05) is 25.3 Å². The topological polar surface area (TPSA) is 91.8 Å². The molecule has 2 aliphatic rings. The molecule has 3 rings (SSSR count). The fourth-order valence-electron chi connectivity index (χ4n) is 3.30. The van der Waals surface area contributed by atoms with Gasteiger partial charge >= 0.3 is 12.1 Å². The van der Waals surface area contributed by atoms with E-state index in [1.165, 1.54) is 6.07 Å². The van der Waals surface area contributed by atoms with E-state index in [4.69, 9.17) is 9.84 Å². The number of carbonyl (C=O) groups is 2. The van der Waals surface area contributed by atoms with Crippen LogP contribution in [0, 0.1) is 0 Å². The van der Waals surface area contributed by atoms with Gasteiger partial charge in [0.2, 0.25) is 5.91 Å². The third-order valence-electron chi connectivity index (χ3n) is 4.83. The van der Waals surface area contributed by atoms with Crippen LogP contribution < -0.4 is 10.2 Å². The van der Waals surface area contributed by atoms with E-state index < -0.39 is 29.9 Å². The fourth-order valence-corrected chi connectivity index (χ4v) is 3.30. The number of rotatable bonds is 4. The molecule has 0 saturated carbocycles. The molecule has 0 spiro atoms. The first-order chi connectivity index (χ1) is 12.7. The summed E-state index contributed by atoms with van der Waals surface area (Å²) in [5.74, 6) is -0.913. The molecule has 27 heavy (non-hydrogen) atoms. The lowest BCUT2D eigenvalue weighted by Gasteiger charge is -2.33. The summed E-state index contributed by atoms with van der Waals surface area (Å²) in [6.45, 7) is 1.10. The number of carboxylic acid groups (broad SMARTS) is 1. The lowest BCUT2D eigenvalue weighted by atomic mass is 10.0. The molecule has 2 atom stereocenters. The summed E-state index contributed by atoms with van der Waals surface area (Å²) in [6.07, 6.45) is -3.37. The van der Waals surface area contributed by atoms with E-state index in [-0.39, 0.29) is 11.9 Å². The van der Waals surface area contributed by atoms with Crippen LogP contribution in [0.4, 0.5) is 19.0 Å². The number of alkyl halides is 3. The van der Waals surface area contributed by atoms with Gasteiger partial charge in [0.05, 0.1) is 5.56 Å². The zero-order valence-electron chi connectivity index (χ0n) is 14.4. The highest BCUT2D eigenvalue weighted by Gasteiger charge is 2.36. The van der Waals surface area contributed by atoms with Gasteiger partial charge in [0.15, 0.2) is 6.10 Å². The number of pyridine rings is 1. The van der Waals surface area contributed by atoms with E-state index in [1.807, 2.05) is 4.90 Å². The minimum Gasteiger partial charge on any atom is -0.479 e. The quantitative estimate of drug-likeness (QED) is 0.819. The summed E-state index contributed by atoms with van der Waals surface area (Å²) in [7, 11) is 0. The van der Waals surface area contributed by atoms with Gasteiger partial charge in [-0.05, 0) is 37.8 Å². The summed E-state index contributed by atoms with van der Waals surface area (Å²) >= 11 is 0. The maximum Gasteiger partial charge on any atom is 0.417 e. The number of anilines is 1. The largest absolute Gasteiger partial charge is 0.479 e. The summed E-state index contributed by atoms with van der Waals surface area (Å²) in [4.78, 5) is 28.8. The molecule has 0 unspecified atom stereocenters. The van der Waals surface area contributed by atoms with Crippen LogP contribution in [0.2, 0.25) is 0 Å². The number of carboxylic acids is 1. The molecule has 0 aliphatic carbocycles. The molecular formula is C17H20F3N3O4. The van der Waals surface area contributed by atoms with Gasteiger partial charge in [0.1, 0.15) is 11.9 Å². The number of amides is 1. The number of aromatic nitrogens is 1. The van der Waals surface area contributed by atoms with Crippen molar-refractivity contribution in [3.63, 3.8) is 0 Å². The SMILES string of the molecule is O=C(NC1CCN(c2ccc(C(F)(F)F)cn2)CC1)[C@@H]1CC[C@H](C(=O)O)O1. The molecule has 2 N–H and O–H groups in total. The predicted octanol–water partition coefficient (Wildman–Crippen LogP) is 1.82. The molecule has 1 amide bonds. The molecule has 1 aromatic heterocycles. The number of halogens is 3. The number of hydrogen-bond acceptors (Lipinski definition) is 5. The van der Waals surface area contributed by atoms with Gasteiger partial charge in [-0.2, -0.15) is 13.2 Å². The highest BCUT2D eigenvalue weighted by atomic mass is 19.4. The van der Waals surface area contributed by atoms with Gasteiger partial charge in [-0.25, -0.2) is 9.78 Å². The number of piperidine rings is 1. The van der Waals surface area contributed by atoms with Crippen molar-refractivity contribution in [3.8, 4) is 0 Å². The molecular weight excluding hydrogens is 367 g/mol. The van der Waals surface area contributed by atoms with Crippen LogP contribution in [0.3, 0.4) is 0 Å². The van der Waals surface area contributed by atoms with Crippen molar-refractivity contribution in [2.45, 2.75) is 50.1 Å². The first kappa shape index (κ1) is 19.4. The Balaban J connectivity index is 1.48. The van der Waals surface area contributed by atoms with E-state index in [0.717, 1.165) is 12.3 Å². The van der Waals surface area contributed by atoms with Gasteiger partial charge < -0.3 is 20.1 Å². The number of hydrogen-bond donors (Lipinski definition) is 2.